The molecule has 0 heterocycles. The molecular formula is C12H19FN2. The Morgan fingerprint density at radius 1 is 1.27 bits per heavy atom. The van der Waals surface area contributed by atoms with Crippen LogP contribution < -0.4 is 10.6 Å². The molecule has 84 valence electrons. The maximum atomic E-state index is 12.4. The molecule has 2 nitrogen and oxygen atoms in total. The molecule has 0 atom stereocenters. The lowest BCUT2D eigenvalue weighted by atomic mass is 10.1. The van der Waals surface area contributed by atoms with E-state index >= 15 is 0 Å². The fourth-order valence-electron chi connectivity index (χ4n) is 1.60. The largest absolute Gasteiger partial charge is 0.366 e. The maximum absolute atomic E-state index is 12.4. The Labute approximate surface area is 90.9 Å². The van der Waals surface area contributed by atoms with Crippen LogP contribution in [0.5, 0.6) is 0 Å². The van der Waals surface area contributed by atoms with Crippen LogP contribution in [0, 0.1) is 0 Å². The van der Waals surface area contributed by atoms with Gasteiger partial charge >= 0.3 is 0 Å². The maximum Gasteiger partial charge on any atom is 0.107 e. The van der Waals surface area contributed by atoms with Gasteiger partial charge in [0.25, 0.3) is 0 Å². The molecule has 1 rings (SSSR count). The third kappa shape index (κ3) is 3.20. The Balaban J connectivity index is 2.81. The zero-order valence-corrected chi connectivity index (χ0v) is 9.41. The van der Waals surface area contributed by atoms with Crippen molar-refractivity contribution >= 4 is 5.69 Å². The molecular weight excluding hydrogens is 191 g/mol. The van der Waals surface area contributed by atoms with Gasteiger partial charge in [0.15, 0.2) is 0 Å². The van der Waals surface area contributed by atoms with Crippen molar-refractivity contribution in [2.45, 2.75) is 26.4 Å². The first-order valence-electron chi connectivity index (χ1n) is 5.30. The highest BCUT2D eigenvalue weighted by molar-refractivity contribution is 5.48. The van der Waals surface area contributed by atoms with Crippen LogP contribution in [0.2, 0.25) is 0 Å². The lowest BCUT2D eigenvalue weighted by Crippen LogP contribution is -2.32. The van der Waals surface area contributed by atoms with Crippen molar-refractivity contribution in [2.75, 3.05) is 18.1 Å². The number of benzene rings is 1. The van der Waals surface area contributed by atoms with E-state index in [-0.39, 0.29) is 6.67 Å². The quantitative estimate of drug-likeness (QED) is 0.808. The number of nitrogens with two attached hydrogens (primary N) is 1. The number of nitrogens with zero attached hydrogens (tertiary/aromatic N) is 1. The monoisotopic (exact) mass is 210 g/mol. The number of halogens is 1. The van der Waals surface area contributed by atoms with Gasteiger partial charge in [-0.3, -0.25) is 0 Å². The summed E-state index contributed by atoms with van der Waals surface area (Å²) in [6, 6.07) is 8.28. The van der Waals surface area contributed by atoms with Gasteiger partial charge in [0.1, 0.15) is 6.67 Å². The summed E-state index contributed by atoms with van der Waals surface area (Å²) in [7, 11) is 0. The summed E-state index contributed by atoms with van der Waals surface area (Å²) in [6.45, 7) is 4.79. The number of hydrogen-bond donors (Lipinski definition) is 1. The normalized spacial score (nSPS) is 10.7. The molecule has 0 saturated heterocycles. The molecule has 0 saturated carbocycles. The molecule has 0 radical (unpaired) electrons. The van der Waals surface area contributed by atoms with Crippen LogP contribution in [0.3, 0.4) is 0 Å². The molecule has 15 heavy (non-hydrogen) atoms. The molecule has 0 spiro atoms. The molecule has 3 heteroatoms. The Hall–Kier alpha value is -1.09. The summed E-state index contributed by atoms with van der Waals surface area (Å²) in [4.78, 5) is 2.04. The third-order valence-electron chi connectivity index (χ3n) is 2.45. The molecule has 0 aliphatic heterocycles. The predicted molar refractivity (Wildman–Crippen MR) is 62.8 cm³/mol. The molecule has 0 aliphatic carbocycles. The molecule has 1 aromatic rings. The molecule has 0 amide bonds. The Kier molecular flexibility index (Phi) is 4.56. The fraction of sp³-hybridized carbons (Fsp3) is 0.500. The Bertz CT molecular complexity index is 282. The highest BCUT2D eigenvalue weighted by Crippen LogP contribution is 2.17. The number of anilines is 1. The third-order valence-corrected chi connectivity index (χ3v) is 2.45. The van der Waals surface area contributed by atoms with E-state index in [1.807, 2.05) is 29.2 Å². The average molecular weight is 210 g/mol. The standard InChI is InChI=1S/C12H19FN2/c1-10(2)15(8-7-13)12-5-3-11(9-14)4-6-12/h3-6,10H,7-9,14H2,1-2H3. The first kappa shape index (κ1) is 12.0. The van der Waals surface area contributed by atoms with E-state index in [4.69, 9.17) is 5.73 Å². The summed E-state index contributed by atoms with van der Waals surface area (Å²) in [5, 5.41) is 0. The first-order chi connectivity index (χ1) is 7.19. The molecule has 1 aromatic carbocycles. The van der Waals surface area contributed by atoms with E-state index in [9.17, 15) is 4.39 Å². The number of hydrogen-bond acceptors (Lipinski definition) is 2. The van der Waals surface area contributed by atoms with Crippen molar-refractivity contribution in [1.29, 1.82) is 0 Å². The zero-order valence-electron chi connectivity index (χ0n) is 9.41. The number of alkyl halides is 1. The van der Waals surface area contributed by atoms with Gasteiger partial charge in [0, 0.05) is 24.8 Å². The highest BCUT2D eigenvalue weighted by Gasteiger charge is 2.09. The van der Waals surface area contributed by atoms with Gasteiger partial charge in [-0.1, -0.05) is 12.1 Å². The molecule has 0 aromatic heterocycles. The van der Waals surface area contributed by atoms with Crippen molar-refractivity contribution in [3.8, 4) is 0 Å². The lowest BCUT2D eigenvalue weighted by Gasteiger charge is -2.28. The van der Waals surface area contributed by atoms with Gasteiger partial charge in [0.2, 0.25) is 0 Å². The molecule has 0 unspecified atom stereocenters. The SMILES string of the molecule is CC(C)N(CCF)c1ccc(CN)cc1. The van der Waals surface area contributed by atoms with Crippen LogP contribution in [0.15, 0.2) is 24.3 Å². The second-order valence-corrected chi connectivity index (χ2v) is 3.85. The topological polar surface area (TPSA) is 29.3 Å². The van der Waals surface area contributed by atoms with Gasteiger partial charge in [0.05, 0.1) is 0 Å². The van der Waals surface area contributed by atoms with Crippen LogP contribution in [-0.2, 0) is 6.54 Å². The first-order valence-corrected chi connectivity index (χ1v) is 5.30. The van der Waals surface area contributed by atoms with E-state index in [1.54, 1.807) is 0 Å². The van der Waals surface area contributed by atoms with Gasteiger partial charge in [-0.05, 0) is 31.5 Å². The van der Waals surface area contributed by atoms with Crippen LogP contribution in [0.4, 0.5) is 10.1 Å². The average Bonchev–Trinajstić information content (AvgIpc) is 2.26. The van der Waals surface area contributed by atoms with Crippen molar-refractivity contribution in [3.63, 3.8) is 0 Å². The van der Waals surface area contributed by atoms with Crippen molar-refractivity contribution in [1.82, 2.24) is 0 Å². The van der Waals surface area contributed by atoms with Gasteiger partial charge in [-0.15, -0.1) is 0 Å². The van der Waals surface area contributed by atoms with E-state index in [0.717, 1.165) is 11.3 Å². The smallest absolute Gasteiger partial charge is 0.107 e. The van der Waals surface area contributed by atoms with Crippen LogP contribution in [0.1, 0.15) is 19.4 Å². The van der Waals surface area contributed by atoms with Crippen molar-refractivity contribution in [2.24, 2.45) is 5.73 Å². The van der Waals surface area contributed by atoms with E-state index in [0.29, 0.717) is 19.1 Å². The number of rotatable bonds is 5. The summed E-state index contributed by atoms with van der Waals surface area (Å²) in [5.41, 5.74) is 7.68. The predicted octanol–water partition coefficient (Wildman–Crippen LogP) is 2.33. The minimum absolute atomic E-state index is 0.310. The van der Waals surface area contributed by atoms with Crippen LogP contribution in [0.25, 0.3) is 0 Å². The molecule has 0 aliphatic rings. The zero-order chi connectivity index (χ0) is 11.3. The van der Waals surface area contributed by atoms with Gasteiger partial charge < -0.3 is 10.6 Å². The summed E-state index contributed by atoms with van der Waals surface area (Å²) in [5.74, 6) is 0. The highest BCUT2D eigenvalue weighted by atomic mass is 19.1. The van der Waals surface area contributed by atoms with Gasteiger partial charge in [-0.2, -0.15) is 0 Å². The minimum Gasteiger partial charge on any atom is -0.366 e. The van der Waals surface area contributed by atoms with E-state index < -0.39 is 0 Å². The second kappa shape index (κ2) is 5.71. The lowest BCUT2D eigenvalue weighted by molar-refractivity contribution is 0.479. The molecule has 0 bridgehead atoms. The van der Waals surface area contributed by atoms with Crippen LogP contribution >= 0.6 is 0 Å². The van der Waals surface area contributed by atoms with E-state index in [1.165, 1.54) is 0 Å². The van der Waals surface area contributed by atoms with Gasteiger partial charge in [-0.25, -0.2) is 4.39 Å². The van der Waals surface area contributed by atoms with Crippen LogP contribution in [-0.4, -0.2) is 19.3 Å². The Morgan fingerprint density at radius 2 is 1.87 bits per heavy atom. The summed E-state index contributed by atoms with van der Waals surface area (Å²) in [6.07, 6.45) is 0. The Morgan fingerprint density at radius 3 is 2.27 bits per heavy atom. The second-order valence-electron chi connectivity index (χ2n) is 3.85. The minimum atomic E-state index is -0.323. The van der Waals surface area contributed by atoms with Crippen molar-refractivity contribution in [3.05, 3.63) is 29.8 Å². The molecule has 0 fully saturated rings. The summed E-state index contributed by atoms with van der Waals surface area (Å²) < 4.78 is 12.4. The van der Waals surface area contributed by atoms with E-state index in [2.05, 4.69) is 13.8 Å². The van der Waals surface area contributed by atoms with Crippen molar-refractivity contribution < 1.29 is 4.39 Å². The fourth-order valence-corrected chi connectivity index (χ4v) is 1.60. The summed E-state index contributed by atoms with van der Waals surface area (Å²) >= 11 is 0. The molecule has 2 N–H and O–H groups in total.